The van der Waals surface area contributed by atoms with Crippen LogP contribution in [0.1, 0.15) is 16.7 Å². The van der Waals surface area contributed by atoms with Crippen LogP contribution in [-0.4, -0.2) is 25.0 Å². The fourth-order valence-electron chi connectivity index (χ4n) is 3.29. The average molecular weight is 363 g/mol. The molecule has 138 valence electrons. The summed E-state index contributed by atoms with van der Waals surface area (Å²) in [5, 5.41) is 6.65. The Hall–Kier alpha value is -3.28. The molecular weight excluding hydrogens is 342 g/mol. The maximum atomic E-state index is 12.4. The Bertz CT molecular complexity index is 1020. The van der Waals surface area contributed by atoms with Gasteiger partial charge < -0.3 is 15.1 Å². The smallest absolute Gasteiger partial charge is 0.321 e. The maximum Gasteiger partial charge on any atom is 0.321 e. The van der Waals surface area contributed by atoms with Crippen LogP contribution in [0.25, 0.3) is 11.0 Å². The van der Waals surface area contributed by atoms with Gasteiger partial charge in [-0.2, -0.15) is 0 Å². The summed E-state index contributed by atoms with van der Waals surface area (Å²) in [4.78, 5) is 25.8. The monoisotopic (exact) mass is 363 g/mol. The summed E-state index contributed by atoms with van der Waals surface area (Å²) in [7, 11) is 0. The standard InChI is InChI=1S/C21H21N3O3/c1-13-9-18-15(12-27-19(18)10-14(13)2)11-20(25)23-16-3-5-17(6-4-16)24-8-7-22-21(24)26/h3-6,9-10,12H,7-8,11H2,1-2H3,(H,22,26)(H,23,25). The molecule has 27 heavy (non-hydrogen) atoms. The van der Waals surface area contributed by atoms with Gasteiger partial charge >= 0.3 is 6.03 Å². The van der Waals surface area contributed by atoms with Crippen molar-refractivity contribution in [3.8, 4) is 0 Å². The molecule has 2 N–H and O–H groups in total. The molecule has 0 bridgehead atoms. The summed E-state index contributed by atoms with van der Waals surface area (Å²) in [6.45, 7) is 5.39. The van der Waals surface area contributed by atoms with E-state index in [2.05, 4.69) is 16.7 Å². The van der Waals surface area contributed by atoms with Gasteiger partial charge in [-0.1, -0.05) is 0 Å². The number of nitrogens with one attached hydrogen (secondary N) is 2. The van der Waals surface area contributed by atoms with Crippen LogP contribution < -0.4 is 15.5 Å². The SMILES string of the molecule is Cc1cc2occ(CC(=O)Nc3ccc(N4CCNC4=O)cc3)c2cc1C. The minimum absolute atomic E-state index is 0.0934. The van der Waals surface area contributed by atoms with Gasteiger partial charge in [-0.15, -0.1) is 0 Å². The summed E-state index contributed by atoms with van der Waals surface area (Å²) in [5.41, 5.74) is 5.52. The highest BCUT2D eigenvalue weighted by Gasteiger charge is 2.20. The van der Waals surface area contributed by atoms with Crippen molar-refractivity contribution in [2.24, 2.45) is 0 Å². The summed E-state index contributed by atoms with van der Waals surface area (Å²) in [5.74, 6) is -0.109. The van der Waals surface area contributed by atoms with Gasteiger partial charge in [0.15, 0.2) is 0 Å². The Labute approximate surface area is 157 Å². The van der Waals surface area contributed by atoms with Gasteiger partial charge in [-0.3, -0.25) is 9.69 Å². The molecule has 0 unspecified atom stereocenters. The summed E-state index contributed by atoms with van der Waals surface area (Å²) >= 11 is 0. The van der Waals surface area contributed by atoms with Crippen molar-refractivity contribution >= 4 is 34.3 Å². The first kappa shape index (κ1) is 17.1. The highest BCUT2D eigenvalue weighted by Crippen LogP contribution is 2.25. The number of furan rings is 1. The van der Waals surface area contributed by atoms with Crippen molar-refractivity contribution in [2.75, 3.05) is 23.3 Å². The second kappa shape index (κ2) is 6.79. The highest BCUT2D eigenvalue weighted by molar-refractivity contribution is 5.97. The first-order valence-electron chi connectivity index (χ1n) is 8.94. The number of amides is 3. The average Bonchev–Trinajstić information content (AvgIpc) is 3.23. The molecule has 1 saturated heterocycles. The van der Waals surface area contributed by atoms with Crippen molar-refractivity contribution in [1.29, 1.82) is 0 Å². The Kier molecular flexibility index (Phi) is 4.32. The van der Waals surface area contributed by atoms with Crippen molar-refractivity contribution in [3.05, 3.63) is 59.4 Å². The van der Waals surface area contributed by atoms with Crippen molar-refractivity contribution in [3.63, 3.8) is 0 Å². The van der Waals surface area contributed by atoms with Gasteiger partial charge in [0.05, 0.1) is 12.7 Å². The quantitative estimate of drug-likeness (QED) is 0.741. The number of nitrogens with zero attached hydrogens (tertiary/aromatic N) is 1. The molecule has 0 radical (unpaired) electrons. The van der Waals surface area contributed by atoms with Crippen LogP contribution in [-0.2, 0) is 11.2 Å². The van der Waals surface area contributed by atoms with Crippen LogP contribution >= 0.6 is 0 Å². The normalized spacial score (nSPS) is 13.9. The van der Waals surface area contributed by atoms with E-state index in [0.29, 0.717) is 18.8 Å². The second-order valence-corrected chi connectivity index (χ2v) is 6.85. The number of benzene rings is 2. The van der Waals surface area contributed by atoms with Crippen LogP contribution in [0.5, 0.6) is 0 Å². The van der Waals surface area contributed by atoms with Crippen molar-refractivity contribution in [2.45, 2.75) is 20.3 Å². The molecule has 6 nitrogen and oxygen atoms in total. The van der Waals surface area contributed by atoms with Crippen LogP contribution in [0.15, 0.2) is 47.1 Å². The van der Waals surface area contributed by atoms with E-state index in [1.807, 2.05) is 32.0 Å². The highest BCUT2D eigenvalue weighted by atomic mass is 16.3. The van der Waals surface area contributed by atoms with E-state index in [9.17, 15) is 9.59 Å². The summed E-state index contributed by atoms with van der Waals surface area (Å²) < 4.78 is 5.60. The lowest BCUT2D eigenvalue weighted by Crippen LogP contribution is -2.27. The topological polar surface area (TPSA) is 74.6 Å². The van der Waals surface area contributed by atoms with E-state index in [0.717, 1.165) is 22.2 Å². The van der Waals surface area contributed by atoms with Crippen LogP contribution in [0.3, 0.4) is 0 Å². The van der Waals surface area contributed by atoms with Crippen LogP contribution in [0, 0.1) is 13.8 Å². The number of carbonyl (C=O) groups is 2. The van der Waals surface area contributed by atoms with E-state index < -0.39 is 0 Å². The Morgan fingerprint density at radius 3 is 2.63 bits per heavy atom. The molecule has 0 saturated carbocycles. The first-order valence-corrected chi connectivity index (χ1v) is 8.94. The lowest BCUT2D eigenvalue weighted by Gasteiger charge is -2.14. The number of aryl methyl sites for hydroxylation is 2. The molecule has 0 spiro atoms. The Morgan fingerprint density at radius 2 is 1.93 bits per heavy atom. The van der Waals surface area contributed by atoms with Gasteiger partial charge in [0, 0.05) is 35.4 Å². The molecule has 0 atom stereocenters. The summed E-state index contributed by atoms with van der Waals surface area (Å²) in [6.07, 6.45) is 1.89. The predicted octanol–water partition coefficient (Wildman–Crippen LogP) is 3.76. The Morgan fingerprint density at radius 1 is 1.19 bits per heavy atom. The Balaban J connectivity index is 1.45. The molecule has 4 rings (SSSR count). The molecular formula is C21H21N3O3. The van der Waals surface area contributed by atoms with Gasteiger partial charge in [0.25, 0.3) is 0 Å². The molecule has 3 amide bonds. The molecule has 0 aliphatic carbocycles. The fourth-order valence-corrected chi connectivity index (χ4v) is 3.29. The molecule has 3 aromatic rings. The summed E-state index contributed by atoms with van der Waals surface area (Å²) in [6, 6.07) is 11.2. The predicted molar refractivity (Wildman–Crippen MR) is 105 cm³/mol. The third-order valence-corrected chi connectivity index (χ3v) is 4.94. The van der Waals surface area contributed by atoms with E-state index in [1.165, 1.54) is 11.1 Å². The molecule has 2 heterocycles. The zero-order valence-electron chi connectivity index (χ0n) is 15.3. The van der Waals surface area contributed by atoms with Crippen LogP contribution in [0.2, 0.25) is 0 Å². The maximum absolute atomic E-state index is 12.4. The fraction of sp³-hybridized carbons (Fsp3) is 0.238. The lowest BCUT2D eigenvalue weighted by atomic mass is 10.0. The molecule has 1 aliphatic heterocycles. The van der Waals surface area contributed by atoms with E-state index in [1.54, 1.807) is 23.3 Å². The molecule has 1 aliphatic rings. The number of hydrogen-bond donors (Lipinski definition) is 2. The molecule has 1 fully saturated rings. The molecule has 2 aromatic carbocycles. The number of hydrogen-bond acceptors (Lipinski definition) is 3. The molecule has 1 aromatic heterocycles. The lowest BCUT2D eigenvalue weighted by molar-refractivity contribution is -0.115. The van der Waals surface area contributed by atoms with Gasteiger partial charge in [-0.25, -0.2) is 4.79 Å². The largest absolute Gasteiger partial charge is 0.464 e. The first-order chi connectivity index (χ1) is 13.0. The third-order valence-electron chi connectivity index (χ3n) is 4.94. The van der Waals surface area contributed by atoms with Gasteiger partial charge in [0.2, 0.25) is 5.91 Å². The van der Waals surface area contributed by atoms with Crippen molar-refractivity contribution in [1.82, 2.24) is 5.32 Å². The number of fused-ring (bicyclic) bond motifs is 1. The number of anilines is 2. The second-order valence-electron chi connectivity index (χ2n) is 6.85. The molecule has 6 heteroatoms. The van der Waals surface area contributed by atoms with E-state index in [-0.39, 0.29) is 18.4 Å². The zero-order chi connectivity index (χ0) is 19.0. The van der Waals surface area contributed by atoms with E-state index in [4.69, 9.17) is 4.42 Å². The number of urea groups is 1. The van der Waals surface area contributed by atoms with Crippen molar-refractivity contribution < 1.29 is 14.0 Å². The minimum Gasteiger partial charge on any atom is -0.464 e. The van der Waals surface area contributed by atoms with E-state index >= 15 is 0 Å². The number of rotatable bonds is 4. The minimum atomic E-state index is -0.109. The van der Waals surface area contributed by atoms with Gasteiger partial charge in [-0.05, 0) is 61.4 Å². The van der Waals surface area contributed by atoms with Crippen LogP contribution in [0.4, 0.5) is 16.2 Å². The zero-order valence-corrected chi connectivity index (χ0v) is 15.3. The third kappa shape index (κ3) is 3.38. The van der Waals surface area contributed by atoms with Gasteiger partial charge in [0.1, 0.15) is 5.58 Å². The number of carbonyl (C=O) groups excluding carboxylic acids is 2.